The predicted octanol–water partition coefficient (Wildman–Crippen LogP) is 2.19. The lowest BCUT2D eigenvalue weighted by Gasteiger charge is -1.98. The molecule has 0 saturated carbocycles. The summed E-state index contributed by atoms with van der Waals surface area (Å²) in [5.74, 6) is -1.17. The zero-order valence-electron chi connectivity index (χ0n) is 5.51. The van der Waals surface area contributed by atoms with Gasteiger partial charge in [0.1, 0.15) is 11.5 Å². The van der Waals surface area contributed by atoms with Crippen LogP contribution in [0.5, 0.6) is 0 Å². The van der Waals surface area contributed by atoms with Gasteiger partial charge in [0.15, 0.2) is 5.82 Å². The topological polar surface area (TPSA) is 14.1 Å². The molecule has 55 valence electrons. The quantitative estimate of drug-likeness (QED) is 0.541. The number of benzene rings is 1. The van der Waals surface area contributed by atoms with Crippen LogP contribution < -0.4 is 5.32 Å². The first kappa shape index (κ1) is 6.34. The molecular weight excluding hydrogens is 148 g/mol. The summed E-state index contributed by atoms with van der Waals surface area (Å²) >= 11 is 0. The number of nitrogens with zero attached hydrogens (tertiary/aromatic N) is 1. The summed E-state index contributed by atoms with van der Waals surface area (Å²) in [5.41, 5.74) is 0.730. The summed E-state index contributed by atoms with van der Waals surface area (Å²) in [4.78, 5) is 0. The highest BCUT2D eigenvalue weighted by molar-refractivity contribution is 5.69. The number of halogens is 2. The van der Waals surface area contributed by atoms with Crippen LogP contribution in [-0.2, 0) is 0 Å². The molecule has 0 fully saturated rings. The van der Waals surface area contributed by atoms with Crippen LogP contribution in [0.15, 0.2) is 18.3 Å². The molecular formula is C8H4F2N. The van der Waals surface area contributed by atoms with E-state index in [-0.39, 0.29) is 5.69 Å². The molecule has 0 amide bonds. The summed E-state index contributed by atoms with van der Waals surface area (Å²) in [5, 5.41) is 3.72. The monoisotopic (exact) mass is 152 g/mol. The fraction of sp³-hybridized carbons (Fsp3) is 0. The van der Waals surface area contributed by atoms with Gasteiger partial charge in [0.05, 0.1) is 0 Å². The van der Waals surface area contributed by atoms with Crippen molar-refractivity contribution in [2.75, 3.05) is 0 Å². The van der Waals surface area contributed by atoms with E-state index in [0.717, 1.165) is 6.07 Å². The van der Waals surface area contributed by atoms with E-state index in [4.69, 9.17) is 0 Å². The largest absolute Gasteiger partial charge is 0.253 e. The zero-order chi connectivity index (χ0) is 7.84. The Hall–Kier alpha value is -1.38. The van der Waals surface area contributed by atoms with Crippen molar-refractivity contribution in [1.29, 1.82) is 0 Å². The van der Waals surface area contributed by atoms with Crippen LogP contribution in [-0.4, -0.2) is 0 Å². The normalized spacial score (nSPS) is 12.9. The Bertz CT molecular complexity index is 331. The van der Waals surface area contributed by atoms with E-state index in [2.05, 4.69) is 5.32 Å². The van der Waals surface area contributed by atoms with Gasteiger partial charge in [0.25, 0.3) is 0 Å². The molecule has 0 atom stereocenters. The van der Waals surface area contributed by atoms with E-state index in [9.17, 15) is 8.78 Å². The van der Waals surface area contributed by atoms with Crippen molar-refractivity contribution in [3.05, 3.63) is 35.5 Å². The van der Waals surface area contributed by atoms with E-state index in [1.165, 1.54) is 12.3 Å². The molecule has 1 aliphatic heterocycles. The highest BCUT2D eigenvalue weighted by Gasteiger charge is 2.12. The predicted molar refractivity (Wildman–Crippen MR) is 37.2 cm³/mol. The summed E-state index contributed by atoms with van der Waals surface area (Å²) < 4.78 is 25.3. The molecule has 1 nitrogen and oxygen atoms in total. The second kappa shape index (κ2) is 2.05. The Morgan fingerprint density at radius 1 is 1.18 bits per heavy atom. The van der Waals surface area contributed by atoms with Gasteiger partial charge in [-0.25, -0.2) is 8.78 Å². The molecule has 1 aromatic carbocycles. The minimum Gasteiger partial charge on any atom is -0.253 e. The van der Waals surface area contributed by atoms with Gasteiger partial charge in [-0.1, -0.05) is 0 Å². The SMILES string of the molecule is Fc1cc(F)c2c(c1)C=C[N]2. The molecule has 0 N–H and O–H groups in total. The molecule has 2 rings (SSSR count). The number of hydrogen-bond donors (Lipinski definition) is 0. The van der Waals surface area contributed by atoms with Gasteiger partial charge in [-0.3, -0.25) is 5.32 Å². The molecule has 3 heteroatoms. The van der Waals surface area contributed by atoms with Crippen LogP contribution in [0.25, 0.3) is 6.08 Å². The first-order valence-electron chi connectivity index (χ1n) is 3.14. The van der Waals surface area contributed by atoms with Gasteiger partial charge in [-0.2, -0.15) is 0 Å². The Morgan fingerprint density at radius 3 is 2.82 bits per heavy atom. The summed E-state index contributed by atoms with van der Waals surface area (Å²) in [6, 6.07) is 2.08. The van der Waals surface area contributed by atoms with E-state index < -0.39 is 11.6 Å². The average Bonchev–Trinajstić information content (AvgIpc) is 2.34. The van der Waals surface area contributed by atoms with Crippen molar-refractivity contribution < 1.29 is 8.78 Å². The van der Waals surface area contributed by atoms with Crippen molar-refractivity contribution in [2.24, 2.45) is 0 Å². The Balaban J connectivity index is 2.66. The Labute approximate surface area is 62.3 Å². The molecule has 0 saturated heterocycles. The van der Waals surface area contributed by atoms with E-state index in [1.807, 2.05) is 0 Å². The molecule has 0 spiro atoms. The highest BCUT2D eigenvalue weighted by atomic mass is 19.1. The second-order valence-electron chi connectivity index (χ2n) is 2.27. The fourth-order valence-electron chi connectivity index (χ4n) is 1.04. The van der Waals surface area contributed by atoms with Gasteiger partial charge in [-0.15, -0.1) is 0 Å². The molecule has 0 aliphatic carbocycles. The molecule has 1 heterocycles. The van der Waals surface area contributed by atoms with E-state index in [0.29, 0.717) is 5.56 Å². The van der Waals surface area contributed by atoms with Gasteiger partial charge < -0.3 is 0 Å². The van der Waals surface area contributed by atoms with Crippen LogP contribution in [0.4, 0.5) is 14.5 Å². The van der Waals surface area contributed by atoms with Crippen molar-refractivity contribution in [3.8, 4) is 0 Å². The lowest BCUT2D eigenvalue weighted by Crippen LogP contribution is -1.89. The molecule has 0 unspecified atom stereocenters. The average molecular weight is 152 g/mol. The summed E-state index contributed by atoms with van der Waals surface area (Å²) in [7, 11) is 0. The lowest BCUT2D eigenvalue weighted by molar-refractivity contribution is 0.582. The minimum absolute atomic E-state index is 0.228. The smallest absolute Gasteiger partial charge is 0.152 e. The third-order valence-electron chi connectivity index (χ3n) is 1.52. The van der Waals surface area contributed by atoms with Crippen molar-refractivity contribution in [1.82, 2.24) is 5.32 Å². The first-order chi connectivity index (χ1) is 5.27. The summed E-state index contributed by atoms with van der Waals surface area (Å²) in [6.45, 7) is 0. The first-order valence-corrected chi connectivity index (χ1v) is 3.14. The maximum atomic E-state index is 12.8. The maximum Gasteiger partial charge on any atom is 0.152 e. The van der Waals surface area contributed by atoms with Crippen LogP contribution in [0.3, 0.4) is 0 Å². The summed E-state index contributed by atoms with van der Waals surface area (Å²) in [6.07, 6.45) is 3.02. The minimum atomic E-state index is -0.606. The molecule has 11 heavy (non-hydrogen) atoms. The Kier molecular flexibility index (Phi) is 1.18. The maximum absolute atomic E-state index is 12.8. The zero-order valence-corrected chi connectivity index (χ0v) is 5.51. The van der Waals surface area contributed by atoms with Gasteiger partial charge in [0, 0.05) is 17.8 Å². The lowest BCUT2D eigenvalue weighted by atomic mass is 10.2. The molecule has 1 aromatic rings. The van der Waals surface area contributed by atoms with Gasteiger partial charge in [0.2, 0.25) is 0 Å². The van der Waals surface area contributed by atoms with Crippen LogP contribution in [0.2, 0.25) is 0 Å². The number of rotatable bonds is 0. The third-order valence-corrected chi connectivity index (χ3v) is 1.52. The standard InChI is InChI=1S/C8H4F2N/c9-6-3-5-1-2-11-8(5)7(10)4-6/h1-4H. The van der Waals surface area contributed by atoms with Gasteiger partial charge in [-0.05, 0) is 12.1 Å². The van der Waals surface area contributed by atoms with Crippen molar-refractivity contribution >= 4 is 11.8 Å². The third kappa shape index (κ3) is 0.888. The second-order valence-corrected chi connectivity index (χ2v) is 2.27. The Morgan fingerprint density at radius 2 is 2.00 bits per heavy atom. The number of hydrogen-bond acceptors (Lipinski definition) is 0. The highest BCUT2D eigenvalue weighted by Crippen LogP contribution is 2.26. The molecule has 1 aliphatic rings. The van der Waals surface area contributed by atoms with Crippen LogP contribution in [0.1, 0.15) is 5.56 Å². The van der Waals surface area contributed by atoms with Crippen LogP contribution >= 0.6 is 0 Å². The molecule has 1 radical (unpaired) electrons. The van der Waals surface area contributed by atoms with E-state index in [1.54, 1.807) is 6.08 Å². The fourth-order valence-corrected chi connectivity index (χ4v) is 1.04. The van der Waals surface area contributed by atoms with Crippen molar-refractivity contribution in [2.45, 2.75) is 0 Å². The van der Waals surface area contributed by atoms with Crippen LogP contribution in [0, 0.1) is 11.6 Å². The number of fused-ring (bicyclic) bond motifs is 1. The molecule has 0 aromatic heterocycles. The van der Waals surface area contributed by atoms with Crippen molar-refractivity contribution in [3.63, 3.8) is 0 Å². The van der Waals surface area contributed by atoms with Gasteiger partial charge >= 0.3 is 0 Å². The molecule has 0 bridgehead atoms. The van der Waals surface area contributed by atoms with E-state index >= 15 is 0 Å².